The molecular weight excluding hydrogens is 873 g/mol. The number of hydrogen-bond donors (Lipinski definition) is 4. The van der Waals surface area contributed by atoms with E-state index in [9.17, 15) is 19.2 Å². The lowest BCUT2D eigenvalue weighted by Gasteiger charge is -2.30. The molecule has 7 rings (SSSR count). The standard InChI is InChI=1S/C50H64N8O10/c1-29(2)41(55-49(61)65-7)47(59)57-21-9-11-39(57)45-51-28-38(54-45)35-19-18-34(43(67-25-23-63-5)44(35)68-26-24-64-6)32-15-13-31(14-16-32)33-17-20-36-37(27-33)53-46(52-36)40-12-10-22-58(40)48(60)42(30(3)4)56-50(62)66-8/h13-20,27-30,39-42H,9-12,21-26H2,1-8H3,(H,51,54)(H,52,53)(H,55,61)(H,56,62)/t39-,40-,41-,42-/m0/s1. The second kappa shape index (κ2) is 22.4. The number of nitrogens with one attached hydrogen (secondary N) is 4. The Morgan fingerprint density at radius 2 is 1.16 bits per heavy atom. The van der Waals surface area contributed by atoms with Gasteiger partial charge in [-0.05, 0) is 78.5 Å². The molecule has 0 unspecified atom stereocenters. The van der Waals surface area contributed by atoms with Crippen molar-refractivity contribution in [3.63, 3.8) is 0 Å². The number of nitrogens with zero attached hydrogens (tertiary/aromatic N) is 4. The summed E-state index contributed by atoms with van der Waals surface area (Å²) in [7, 11) is 5.80. The van der Waals surface area contributed by atoms with Crippen molar-refractivity contribution >= 4 is 35.0 Å². The smallest absolute Gasteiger partial charge is 0.407 e. The van der Waals surface area contributed by atoms with Crippen molar-refractivity contribution in [1.29, 1.82) is 0 Å². The van der Waals surface area contributed by atoms with Gasteiger partial charge in [-0.1, -0.05) is 58.0 Å². The molecule has 5 aromatic rings. The van der Waals surface area contributed by atoms with Crippen molar-refractivity contribution in [1.82, 2.24) is 40.4 Å². The second-order valence-electron chi connectivity index (χ2n) is 17.7. The molecule has 4 N–H and O–H groups in total. The minimum absolute atomic E-state index is 0.132. The molecule has 4 atom stereocenters. The number of fused-ring (bicyclic) bond motifs is 1. The van der Waals surface area contributed by atoms with Crippen LogP contribution in [0.5, 0.6) is 11.5 Å². The Hall–Kier alpha value is -6.66. The van der Waals surface area contributed by atoms with Crippen molar-refractivity contribution < 1.29 is 47.6 Å². The average Bonchev–Trinajstić information content (AvgIpc) is 4.19. The fourth-order valence-corrected chi connectivity index (χ4v) is 8.98. The highest BCUT2D eigenvalue weighted by atomic mass is 16.6. The summed E-state index contributed by atoms with van der Waals surface area (Å²) in [4.78, 5) is 72.1. The quantitative estimate of drug-likeness (QED) is 0.0596. The highest BCUT2D eigenvalue weighted by Gasteiger charge is 2.39. The Morgan fingerprint density at radius 1 is 0.647 bits per heavy atom. The number of methoxy groups -OCH3 is 4. The molecule has 2 aliphatic heterocycles. The molecule has 2 aliphatic rings. The number of H-pyrrole nitrogens is 2. The summed E-state index contributed by atoms with van der Waals surface area (Å²) < 4.78 is 33.3. The number of carbonyl (C=O) groups is 4. The molecule has 0 spiro atoms. The first-order chi connectivity index (χ1) is 32.9. The number of likely N-dealkylation sites (tertiary alicyclic amines) is 2. The van der Waals surface area contributed by atoms with Crippen molar-refractivity contribution in [2.45, 2.75) is 77.5 Å². The van der Waals surface area contributed by atoms with Gasteiger partial charge in [-0.15, -0.1) is 0 Å². The zero-order valence-corrected chi connectivity index (χ0v) is 40.2. The van der Waals surface area contributed by atoms with Crippen LogP contribution in [0, 0.1) is 11.8 Å². The molecule has 2 aromatic heterocycles. The van der Waals surface area contributed by atoms with Crippen LogP contribution in [-0.2, 0) is 28.5 Å². The second-order valence-corrected chi connectivity index (χ2v) is 17.7. The van der Waals surface area contributed by atoms with E-state index in [-0.39, 0.29) is 48.9 Å². The third-order valence-corrected chi connectivity index (χ3v) is 12.6. The van der Waals surface area contributed by atoms with E-state index in [1.807, 2.05) is 69.0 Å². The first kappa shape index (κ1) is 49.3. The van der Waals surface area contributed by atoms with Crippen LogP contribution in [0.15, 0.2) is 60.8 Å². The Bertz CT molecular complexity index is 2540. The molecule has 0 radical (unpaired) electrons. The van der Waals surface area contributed by atoms with E-state index >= 15 is 0 Å². The SMILES string of the molecule is COCCOc1c(-c2ccc(-c3ccc4nc([C@@H]5CCCN5C(=O)[C@@H](NC(=O)OC)C(C)C)[nH]c4c3)cc2)ccc(-c2cnc([C@@H]3CCCN3C(=O)[C@@H](NC(=O)OC)C(C)C)[nH]2)c1OCCOC. The number of amides is 4. The van der Waals surface area contributed by atoms with Gasteiger partial charge in [-0.2, -0.15) is 0 Å². The van der Waals surface area contributed by atoms with Gasteiger partial charge in [0, 0.05) is 38.4 Å². The van der Waals surface area contributed by atoms with Crippen LogP contribution in [-0.4, -0.2) is 134 Å². The molecule has 3 aromatic carbocycles. The maximum atomic E-state index is 13.9. The number of ether oxygens (including phenoxy) is 6. The monoisotopic (exact) mass is 936 g/mol. The number of rotatable bonds is 19. The van der Waals surface area contributed by atoms with Gasteiger partial charge in [0.1, 0.15) is 36.9 Å². The van der Waals surface area contributed by atoms with Crippen molar-refractivity contribution in [3.05, 3.63) is 72.4 Å². The third-order valence-electron chi connectivity index (χ3n) is 12.6. The van der Waals surface area contributed by atoms with Crippen LogP contribution in [0.1, 0.15) is 77.1 Å². The largest absolute Gasteiger partial charge is 0.487 e. The van der Waals surface area contributed by atoms with Crippen molar-refractivity contribution in [2.24, 2.45) is 11.8 Å². The van der Waals surface area contributed by atoms with Gasteiger partial charge in [0.15, 0.2) is 11.5 Å². The molecule has 0 bridgehead atoms. The Labute approximate surface area is 396 Å². The Kier molecular flexibility index (Phi) is 16.2. The van der Waals surface area contributed by atoms with E-state index in [2.05, 4.69) is 38.8 Å². The summed E-state index contributed by atoms with van der Waals surface area (Å²) in [5, 5.41) is 5.42. The summed E-state index contributed by atoms with van der Waals surface area (Å²) in [5.41, 5.74) is 6.70. The molecule has 18 nitrogen and oxygen atoms in total. The fraction of sp³-hybridized carbons (Fsp3) is 0.480. The molecule has 0 aliphatic carbocycles. The highest BCUT2D eigenvalue weighted by Crippen LogP contribution is 2.46. The van der Waals surface area contributed by atoms with Gasteiger partial charge in [0.25, 0.3) is 0 Å². The maximum Gasteiger partial charge on any atom is 0.407 e. The number of benzene rings is 3. The molecule has 364 valence electrons. The van der Waals surface area contributed by atoms with E-state index < -0.39 is 24.3 Å². The molecule has 0 saturated carbocycles. The Balaban J connectivity index is 1.16. The number of alkyl carbamates (subject to hydrolysis) is 2. The number of carbonyl (C=O) groups excluding carboxylic acids is 4. The normalized spacial score (nSPS) is 16.9. The minimum Gasteiger partial charge on any atom is -0.487 e. The van der Waals surface area contributed by atoms with Crippen LogP contribution in [0.3, 0.4) is 0 Å². The number of aromatic nitrogens is 4. The summed E-state index contributed by atoms with van der Waals surface area (Å²) in [5.74, 6) is 1.71. The predicted molar refractivity (Wildman–Crippen MR) is 255 cm³/mol. The van der Waals surface area contributed by atoms with Gasteiger partial charge < -0.3 is 58.8 Å². The number of aromatic amines is 2. The lowest BCUT2D eigenvalue weighted by atomic mass is 9.97. The predicted octanol–water partition coefficient (Wildman–Crippen LogP) is 7.43. The van der Waals surface area contributed by atoms with Gasteiger partial charge in [-0.25, -0.2) is 19.6 Å². The molecule has 2 saturated heterocycles. The lowest BCUT2D eigenvalue weighted by molar-refractivity contribution is -0.136. The van der Waals surface area contributed by atoms with Crippen LogP contribution < -0.4 is 20.1 Å². The van der Waals surface area contributed by atoms with E-state index in [1.54, 1.807) is 25.3 Å². The maximum absolute atomic E-state index is 13.9. The first-order valence-corrected chi connectivity index (χ1v) is 23.2. The van der Waals surface area contributed by atoms with Gasteiger partial charge in [0.05, 0.1) is 62.4 Å². The van der Waals surface area contributed by atoms with E-state index in [1.165, 1.54) is 14.2 Å². The van der Waals surface area contributed by atoms with E-state index in [4.69, 9.17) is 38.4 Å². The van der Waals surface area contributed by atoms with Gasteiger partial charge >= 0.3 is 12.2 Å². The fourth-order valence-electron chi connectivity index (χ4n) is 8.98. The van der Waals surface area contributed by atoms with Crippen molar-refractivity contribution in [3.8, 4) is 45.0 Å². The van der Waals surface area contributed by atoms with Crippen LogP contribution in [0.2, 0.25) is 0 Å². The third kappa shape index (κ3) is 10.9. The van der Waals surface area contributed by atoms with Crippen LogP contribution in [0.4, 0.5) is 9.59 Å². The highest BCUT2D eigenvalue weighted by molar-refractivity contribution is 5.88. The van der Waals surface area contributed by atoms with Crippen LogP contribution >= 0.6 is 0 Å². The molecular formula is C50H64N8O10. The number of imidazole rings is 2. The number of hydrogen-bond acceptors (Lipinski definition) is 12. The minimum atomic E-state index is -0.753. The average molecular weight is 937 g/mol. The molecule has 68 heavy (non-hydrogen) atoms. The zero-order chi connectivity index (χ0) is 48.5. The van der Waals surface area contributed by atoms with E-state index in [0.29, 0.717) is 67.1 Å². The summed E-state index contributed by atoms with van der Waals surface area (Å²) in [6, 6.07) is 16.2. The lowest BCUT2D eigenvalue weighted by Crippen LogP contribution is -2.51. The van der Waals surface area contributed by atoms with E-state index in [0.717, 1.165) is 52.5 Å². The molecule has 18 heteroatoms. The molecule has 4 heterocycles. The molecule has 2 fully saturated rings. The summed E-state index contributed by atoms with van der Waals surface area (Å²) >= 11 is 0. The summed E-state index contributed by atoms with van der Waals surface area (Å²) in [6.45, 7) is 9.86. The zero-order valence-electron chi connectivity index (χ0n) is 40.2. The van der Waals surface area contributed by atoms with Crippen molar-refractivity contribution in [2.75, 3.05) is 68.0 Å². The van der Waals surface area contributed by atoms with Gasteiger partial charge in [-0.3, -0.25) is 9.59 Å². The molecule has 4 amide bonds. The Morgan fingerprint density at radius 3 is 1.71 bits per heavy atom. The van der Waals surface area contributed by atoms with Gasteiger partial charge in [0.2, 0.25) is 11.8 Å². The topological polar surface area (TPSA) is 212 Å². The summed E-state index contributed by atoms with van der Waals surface area (Å²) in [6.07, 6.45) is 3.51. The van der Waals surface area contributed by atoms with Crippen LogP contribution in [0.25, 0.3) is 44.5 Å². The first-order valence-electron chi connectivity index (χ1n) is 23.2.